The third-order valence-corrected chi connectivity index (χ3v) is 7.24. The second-order valence-corrected chi connectivity index (χ2v) is 8.82. The monoisotopic (exact) mass is 415 g/mol. The van der Waals surface area contributed by atoms with Crippen molar-refractivity contribution in [2.24, 2.45) is 0 Å². The standard InChI is InChI=1S/C20H18ClN3O3S/c21-17-8-1-2-9-18(17)28(26,27)24-13-11-23(12-14-24)20(25)16-7-3-5-15-6-4-10-22-19(15)16/h1-10H,11-14H2. The van der Waals surface area contributed by atoms with E-state index in [1.807, 2.05) is 24.3 Å². The predicted octanol–water partition coefficient (Wildman–Crippen LogP) is 3.03. The van der Waals surface area contributed by atoms with Gasteiger partial charge in [0.2, 0.25) is 10.0 Å². The van der Waals surface area contributed by atoms with Gasteiger partial charge in [0.25, 0.3) is 5.91 Å². The Morgan fingerprint density at radius 1 is 0.929 bits per heavy atom. The summed E-state index contributed by atoms with van der Waals surface area (Å²) in [5.41, 5.74) is 1.18. The van der Waals surface area contributed by atoms with Gasteiger partial charge >= 0.3 is 0 Å². The van der Waals surface area contributed by atoms with Gasteiger partial charge in [-0.15, -0.1) is 0 Å². The minimum absolute atomic E-state index is 0.0923. The highest BCUT2D eigenvalue weighted by molar-refractivity contribution is 7.89. The summed E-state index contributed by atoms with van der Waals surface area (Å²) in [7, 11) is -3.69. The van der Waals surface area contributed by atoms with Crippen LogP contribution in [0, 0.1) is 0 Å². The van der Waals surface area contributed by atoms with Gasteiger partial charge in [-0.2, -0.15) is 4.31 Å². The smallest absolute Gasteiger partial charge is 0.256 e. The molecular formula is C20H18ClN3O3S. The molecule has 6 nitrogen and oxygen atoms in total. The Balaban J connectivity index is 1.53. The van der Waals surface area contributed by atoms with Crippen LogP contribution in [0.5, 0.6) is 0 Å². The van der Waals surface area contributed by atoms with Crippen LogP contribution in [-0.4, -0.2) is 54.7 Å². The van der Waals surface area contributed by atoms with Crippen LogP contribution in [0.2, 0.25) is 5.02 Å². The first kappa shape index (κ1) is 18.9. The Bertz CT molecular complexity index is 1140. The number of benzene rings is 2. The number of para-hydroxylation sites is 1. The number of aromatic nitrogens is 1. The number of piperazine rings is 1. The number of pyridine rings is 1. The van der Waals surface area contributed by atoms with E-state index in [4.69, 9.17) is 11.6 Å². The molecule has 0 N–H and O–H groups in total. The quantitative estimate of drug-likeness (QED) is 0.659. The zero-order valence-electron chi connectivity index (χ0n) is 15.0. The van der Waals surface area contributed by atoms with E-state index in [9.17, 15) is 13.2 Å². The lowest BCUT2D eigenvalue weighted by molar-refractivity contribution is 0.0699. The molecular weight excluding hydrogens is 398 g/mol. The van der Waals surface area contributed by atoms with Gasteiger partial charge in [-0.3, -0.25) is 9.78 Å². The predicted molar refractivity (Wildman–Crippen MR) is 108 cm³/mol. The van der Waals surface area contributed by atoms with Gasteiger partial charge < -0.3 is 4.90 Å². The molecule has 0 saturated carbocycles. The van der Waals surface area contributed by atoms with Gasteiger partial charge in [0.15, 0.2) is 0 Å². The summed E-state index contributed by atoms with van der Waals surface area (Å²) < 4.78 is 27.1. The molecule has 0 atom stereocenters. The zero-order valence-corrected chi connectivity index (χ0v) is 16.5. The van der Waals surface area contributed by atoms with E-state index in [1.54, 1.807) is 35.4 Å². The first-order valence-corrected chi connectivity index (χ1v) is 10.7. The van der Waals surface area contributed by atoms with E-state index in [0.29, 0.717) is 24.2 Å². The fraction of sp³-hybridized carbons (Fsp3) is 0.200. The van der Waals surface area contributed by atoms with Crippen molar-refractivity contribution in [3.05, 3.63) is 71.4 Å². The molecule has 1 saturated heterocycles. The lowest BCUT2D eigenvalue weighted by Crippen LogP contribution is -2.50. The Morgan fingerprint density at radius 3 is 2.39 bits per heavy atom. The van der Waals surface area contributed by atoms with Gasteiger partial charge in [0.1, 0.15) is 4.90 Å². The maximum Gasteiger partial charge on any atom is 0.256 e. The molecule has 4 rings (SSSR count). The minimum atomic E-state index is -3.69. The van der Waals surface area contributed by atoms with Crippen LogP contribution < -0.4 is 0 Å². The van der Waals surface area contributed by atoms with Crippen LogP contribution in [-0.2, 0) is 10.0 Å². The number of nitrogens with zero attached hydrogens (tertiary/aromatic N) is 3. The third kappa shape index (κ3) is 3.37. The van der Waals surface area contributed by atoms with Crippen LogP contribution in [0.4, 0.5) is 0 Å². The Labute approximate surface area is 168 Å². The molecule has 1 aliphatic heterocycles. The zero-order chi connectivity index (χ0) is 19.7. The number of hydrogen-bond acceptors (Lipinski definition) is 4. The maximum absolute atomic E-state index is 13.0. The average molecular weight is 416 g/mol. The van der Waals surface area contributed by atoms with Gasteiger partial charge in [-0.1, -0.05) is 41.9 Å². The lowest BCUT2D eigenvalue weighted by Gasteiger charge is -2.34. The molecule has 0 radical (unpaired) electrons. The number of amides is 1. The number of rotatable bonds is 3. The summed E-state index contributed by atoms with van der Waals surface area (Å²) in [6.45, 7) is 1.06. The molecule has 0 aliphatic carbocycles. The molecule has 2 aromatic carbocycles. The van der Waals surface area contributed by atoms with Gasteiger partial charge in [-0.05, 0) is 24.3 Å². The van der Waals surface area contributed by atoms with Crippen LogP contribution in [0.15, 0.2) is 65.7 Å². The maximum atomic E-state index is 13.0. The van der Waals surface area contributed by atoms with Crippen molar-refractivity contribution in [1.29, 1.82) is 0 Å². The molecule has 1 fully saturated rings. The number of carbonyl (C=O) groups is 1. The second-order valence-electron chi connectivity index (χ2n) is 6.51. The van der Waals surface area contributed by atoms with Crippen molar-refractivity contribution in [3.8, 4) is 0 Å². The van der Waals surface area contributed by atoms with Gasteiger partial charge in [0, 0.05) is 37.8 Å². The largest absolute Gasteiger partial charge is 0.336 e. The fourth-order valence-electron chi connectivity index (χ4n) is 3.37. The molecule has 1 aliphatic rings. The molecule has 2 heterocycles. The van der Waals surface area contributed by atoms with Crippen LogP contribution in [0.3, 0.4) is 0 Å². The van der Waals surface area contributed by atoms with E-state index in [0.717, 1.165) is 5.39 Å². The molecule has 1 amide bonds. The number of fused-ring (bicyclic) bond motifs is 1. The summed E-state index contributed by atoms with van der Waals surface area (Å²) in [5.74, 6) is -0.140. The van der Waals surface area contributed by atoms with Crippen LogP contribution in [0.1, 0.15) is 10.4 Å². The first-order valence-electron chi connectivity index (χ1n) is 8.86. The van der Waals surface area contributed by atoms with Gasteiger partial charge in [-0.25, -0.2) is 8.42 Å². The van der Waals surface area contributed by atoms with E-state index in [-0.39, 0.29) is 28.9 Å². The van der Waals surface area contributed by atoms with Crippen LogP contribution >= 0.6 is 11.6 Å². The normalized spacial score (nSPS) is 15.7. The van der Waals surface area contributed by atoms with E-state index in [2.05, 4.69) is 4.98 Å². The van der Waals surface area contributed by atoms with E-state index in [1.165, 1.54) is 10.4 Å². The first-order chi connectivity index (χ1) is 13.5. The molecule has 144 valence electrons. The summed E-state index contributed by atoms with van der Waals surface area (Å²) in [4.78, 5) is 19.1. The molecule has 0 bridgehead atoms. The molecule has 0 unspecified atom stereocenters. The number of carbonyl (C=O) groups excluding carboxylic acids is 1. The number of halogens is 1. The highest BCUT2D eigenvalue weighted by Gasteiger charge is 2.32. The fourth-order valence-corrected chi connectivity index (χ4v) is 5.29. The van der Waals surface area contributed by atoms with Gasteiger partial charge in [0.05, 0.1) is 16.1 Å². The van der Waals surface area contributed by atoms with Crippen molar-refractivity contribution in [2.75, 3.05) is 26.2 Å². The molecule has 1 aromatic heterocycles. The summed E-state index contributed by atoms with van der Waals surface area (Å²) >= 11 is 6.07. The van der Waals surface area contributed by atoms with E-state index >= 15 is 0 Å². The highest BCUT2D eigenvalue weighted by atomic mass is 35.5. The second kappa shape index (κ2) is 7.50. The van der Waals surface area contributed by atoms with Crippen molar-refractivity contribution in [1.82, 2.24) is 14.2 Å². The summed E-state index contributed by atoms with van der Waals surface area (Å²) in [5, 5.41) is 1.09. The number of hydrogen-bond donors (Lipinski definition) is 0. The van der Waals surface area contributed by atoms with Crippen molar-refractivity contribution >= 4 is 38.4 Å². The SMILES string of the molecule is O=C(c1cccc2cccnc12)N1CCN(S(=O)(=O)c2ccccc2Cl)CC1. The summed E-state index contributed by atoms with van der Waals surface area (Å²) in [6.07, 6.45) is 1.66. The number of sulfonamides is 1. The minimum Gasteiger partial charge on any atom is -0.336 e. The molecule has 3 aromatic rings. The molecule has 8 heteroatoms. The summed E-state index contributed by atoms with van der Waals surface area (Å²) in [6, 6.07) is 15.6. The Hall–Kier alpha value is -2.48. The third-order valence-electron chi connectivity index (χ3n) is 4.84. The molecule has 0 spiro atoms. The lowest BCUT2D eigenvalue weighted by atomic mass is 10.1. The van der Waals surface area contributed by atoms with Crippen molar-refractivity contribution in [3.63, 3.8) is 0 Å². The Morgan fingerprint density at radius 2 is 1.64 bits per heavy atom. The topological polar surface area (TPSA) is 70.6 Å². The highest BCUT2D eigenvalue weighted by Crippen LogP contribution is 2.25. The average Bonchev–Trinajstić information content (AvgIpc) is 2.73. The van der Waals surface area contributed by atoms with E-state index < -0.39 is 10.0 Å². The van der Waals surface area contributed by atoms with Crippen molar-refractivity contribution in [2.45, 2.75) is 4.90 Å². The molecule has 28 heavy (non-hydrogen) atoms. The van der Waals surface area contributed by atoms with Crippen molar-refractivity contribution < 1.29 is 13.2 Å². The van der Waals surface area contributed by atoms with Crippen LogP contribution in [0.25, 0.3) is 10.9 Å². The Kier molecular flexibility index (Phi) is 5.05.